The standard InChI is InChI=1S/C16H15Cl2N2O3P/c1-19-16(21)20(2)15(11-5-8-13(17)14(18)9-11)10-3-6-12(7-4-10)24(22)23/h3-9,15H,1-2H3,(H-,19,21,22,23)/p+1. The van der Waals surface area contributed by atoms with Gasteiger partial charge in [-0.05, 0) is 40.0 Å². The summed E-state index contributed by atoms with van der Waals surface area (Å²) in [5.74, 6) is 0. The number of urea groups is 1. The van der Waals surface area contributed by atoms with E-state index in [1.165, 1.54) is 4.90 Å². The van der Waals surface area contributed by atoms with Crippen molar-refractivity contribution in [1.82, 2.24) is 10.2 Å². The van der Waals surface area contributed by atoms with E-state index in [0.717, 1.165) is 11.1 Å². The van der Waals surface area contributed by atoms with Crippen molar-refractivity contribution in [3.05, 3.63) is 63.6 Å². The highest BCUT2D eigenvalue weighted by atomic mass is 35.5. The molecule has 0 saturated heterocycles. The molecule has 0 aliphatic rings. The summed E-state index contributed by atoms with van der Waals surface area (Å²) >= 11 is 12.1. The summed E-state index contributed by atoms with van der Waals surface area (Å²) in [6, 6.07) is 11.0. The van der Waals surface area contributed by atoms with Crippen LogP contribution in [0.2, 0.25) is 10.0 Å². The molecular weight excluding hydrogens is 370 g/mol. The Labute approximate surface area is 151 Å². The number of hydrogen-bond acceptors (Lipinski definition) is 2. The maximum absolute atomic E-state index is 12.1. The van der Waals surface area contributed by atoms with Crippen molar-refractivity contribution in [3.63, 3.8) is 0 Å². The normalized spacial score (nSPS) is 12.5. The van der Waals surface area contributed by atoms with Gasteiger partial charge in [0, 0.05) is 14.1 Å². The summed E-state index contributed by atoms with van der Waals surface area (Å²) in [4.78, 5) is 22.8. The zero-order chi connectivity index (χ0) is 17.9. The van der Waals surface area contributed by atoms with Crippen LogP contribution in [0.25, 0.3) is 0 Å². The predicted molar refractivity (Wildman–Crippen MR) is 96.4 cm³/mol. The minimum atomic E-state index is -2.40. The molecule has 0 bridgehead atoms. The molecule has 0 fully saturated rings. The second kappa shape index (κ2) is 7.95. The average molecular weight is 386 g/mol. The number of hydrogen-bond donors (Lipinski definition) is 2. The lowest BCUT2D eigenvalue weighted by atomic mass is 9.97. The van der Waals surface area contributed by atoms with Crippen molar-refractivity contribution in [3.8, 4) is 0 Å². The number of halogens is 2. The molecule has 2 aromatic rings. The molecule has 0 aliphatic heterocycles. The third kappa shape index (κ3) is 4.05. The van der Waals surface area contributed by atoms with Gasteiger partial charge in [0.15, 0.2) is 0 Å². The van der Waals surface area contributed by atoms with Crippen LogP contribution in [0.1, 0.15) is 17.2 Å². The highest BCUT2D eigenvalue weighted by Gasteiger charge is 2.25. The van der Waals surface area contributed by atoms with E-state index >= 15 is 0 Å². The SMILES string of the molecule is CNC(=O)N(C)C(c1ccc([P+](=O)O)cc1)c1ccc(Cl)c(Cl)c1. The first-order valence-electron chi connectivity index (χ1n) is 7.00. The quantitative estimate of drug-likeness (QED) is 0.788. The molecule has 0 aromatic heterocycles. The van der Waals surface area contributed by atoms with Crippen LogP contribution in [0, 0.1) is 0 Å². The average Bonchev–Trinajstić information content (AvgIpc) is 2.57. The van der Waals surface area contributed by atoms with Crippen LogP contribution >= 0.6 is 31.2 Å². The minimum absolute atomic E-state index is 0.275. The van der Waals surface area contributed by atoms with Crippen LogP contribution in [0.3, 0.4) is 0 Å². The lowest BCUT2D eigenvalue weighted by Crippen LogP contribution is -2.38. The third-order valence-corrected chi connectivity index (χ3v) is 5.09. The summed E-state index contributed by atoms with van der Waals surface area (Å²) in [5, 5.41) is 3.72. The van der Waals surface area contributed by atoms with Crippen LogP contribution in [-0.2, 0) is 4.57 Å². The first-order valence-corrected chi connectivity index (χ1v) is 8.97. The van der Waals surface area contributed by atoms with Crippen molar-refractivity contribution in [2.24, 2.45) is 0 Å². The largest absolute Gasteiger partial charge is 0.546 e. The van der Waals surface area contributed by atoms with Gasteiger partial charge in [-0.25, -0.2) is 4.79 Å². The summed E-state index contributed by atoms with van der Waals surface area (Å²) in [7, 11) is 0.802. The van der Waals surface area contributed by atoms with E-state index in [1.54, 1.807) is 56.6 Å². The van der Waals surface area contributed by atoms with Crippen molar-refractivity contribution >= 4 is 42.6 Å². The zero-order valence-corrected chi connectivity index (χ0v) is 15.4. The van der Waals surface area contributed by atoms with Crippen molar-refractivity contribution < 1.29 is 14.3 Å². The highest BCUT2D eigenvalue weighted by molar-refractivity contribution is 7.47. The molecule has 8 heteroatoms. The van der Waals surface area contributed by atoms with Gasteiger partial charge in [0.1, 0.15) is 0 Å². The van der Waals surface area contributed by atoms with Gasteiger partial charge in [-0.3, -0.25) is 0 Å². The van der Waals surface area contributed by atoms with Crippen molar-refractivity contribution in [1.29, 1.82) is 0 Å². The van der Waals surface area contributed by atoms with E-state index in [1.807, 2.05) is 0 Å². The van der Waals surface area contributed by atoms with Crippen LogP contribution in [-0.4, -0.2) is 29.9 Å². The molecule has 24 heavy (non-hydrogen) atoms. The van der Waals surface area contributed by atoms with Gasteiger partial charge in [0.05, 0.1) is 16.1 Å². The molecule has 2 atom stereocenters. The fraction of sp³-hybridized carbons (Fsp3) is 0.188. The molecule has 2 amide bonds. The second-order valence-electron chi connectivity index (χ2n) is 5.11. The lowest BCUT2D eigenvalue weighted by molar-refractivity contribution is 0.200. The van der Waals surface area contributed by atoms with Crippen molar-refractivity contribution in [2.45, 2.75) is 6.04 Å². The molecule has 2 rings (SSSR count). The topological polar surface area (TPSA) is 69.6 Å². The van der Waals surface area contributed by atoms with Crippen LogP contribution < -0.4 is 10.6 Å². The van der Waals surface area contributed by atoms with Gasteiger partial charge in [0.2, 0.25) is 5.30 Å². The monoisotopic (exact) mass is 385 g/mol. The number of amides is 2. The Morgan fingerprint density at radius 2 is 1.71 bits per heavy atom. The zero-order valence-electron chi connectivity index (χ0n) is 13.0. The maximum Gasteiger partial charge on any atom is 0.546 e. The number of nitrogens with zero attached hydrogens (tertiary/aromatic N) is 1. The van der Waals surface area contributed by atoms with Gasteiger partial charge in [-0.2, -0.15) is 4.89 Å². The van der Waals surface area contributed by atoms with Crippen LogP contribution in [0.15, 0.2) is 42.5 Å². The molecule has 0 spiro atoms. The Balaban J connectivity index is 2.51. The molecule has 0 saturated carbocycles. The Bertz CT molecular complexity index is 768. The van der Waals surface area contributed by atoms with Gasteiger partial charge >= 0.3 is 14.1 Å². The summed E-state index contributed by atoms with van der Waals surface area (Å²) in [5.41, 5.74) is 1.55. The summed E-state index contributed by atoms with van der Waals surface area (Å²) in [6.07, 6.45) is 0. The van der Waals surface area contributed by atoms with Gasteiger partial charge in [-0.15, -0.1) is 0 Å². The van der Waals surface area contributed by atoms with Crippen LogP contribution in [0.4, 0.5) is 4.79 Å². The molecule has 0 radical (unpaired) electrons. The number of nitrogens with one attached hydrogen (secondary N) is 1. The Kier molecular flexibility index (Phi) is 6.19. The van der Waals surface area contributed by atoms with E-state index in [2.05, 4.69) is 5.32 Å². The van der Waals surface area contributed by atoms with Gasteiger partial charge in [-0.1, -0.05) is 41.4 Å². The molecule has 2 unspecified atom stereocenters. The van der Waals surface area contributed by atoms with E-state index < -0.39 is 14.1 Å². The maximum atomic E-state index is 12.1. The van der Waals surface area contributed by atoms with Crippen molar-refractivity contribution in [2.75, 3.05) is 14.1 Å². The molecule has 0 aliphatic carbocycles. The molecule has 5 nitrogen and oxygen atoms in total. The highest BCUT2D eigenvalue weighted by Crippen LogP contribution is 2.32. The fourth-order valence-corrected chi connectivity index (χ4v) is 3.11. The lowest BCUT2D eigenvalue weighted by Gasteiger charge is -2.29. The second-order valence-corrected chi connectivity index (χ2v) is 6.98. The van der Waals surface area contributed by atoms with E-state index in [0.29, 0.717) is 15.3 Å². The van der Waals surface area contributed by atoms with E-state index in [-0.39, 0.29) is 6.03 Å². The number of benzene rings is 2. The fourth-order valence-electron chi connectivity index (χ4n) is 2.40. The summed E-state index contributed by atoms with van der Waals surface area (Å²) < 4.78 is 11.2. The number of carbonyl (C=O) groups is 1. The first-order chi connectivity index (χ1) is 11.3. The third-order valence-electron chi connectivity index (χ3n) is 3.61. The number of carbonyl (C=O) groups excluding carboxylic acids is 1. The van der Waals surface area contributed by atoms with E-state index in [9.17, 15) is 14.3 Å². The molecule has 0 heterocycles. The predicted octanol–water partition coefficient (Wildman–Crippen LogP) is 3.71. The van der Waals surface area contributed by atoms with Crippen LogP contribution in [0.5, 0.6) is 0 Å². The van der Waals surface area contributed by atoms with E-state index in [4.69, 9.17) is 23.2 Å². The minimum Gasteiger partial charge on any atom is -0.341 e. The first kappa shape index (κ1) is 18.7. The summed E-state index contributed by atoms with van der Waals surface area (Å²) in [6.45, 7) is 0. The molecular formula is C16H16Cl2N2O3P+. The Hall–Kier alpha value is -1.65. The van der Waals surface area contributed by atoms with Gasteiger partial charge in [0.25, 0.3) is 0 Å². The molecule has 126 valence electrons. The molecule has 2 N–H and O–H groups in total. The smallest absolute Gasteiger partial charge is 0.341 e. The number of rotatable bonds is 4. The Morgan fingerprint density at radius 3 is 2.21 bits per heavy atom. The Morgan fingerprint density at radius 1 is 1.12 bits per heavy atom. The van der Waals surface area contributed by atoms with Gasteiger partial charge < -0.3 is 10.2 Å². The molecule has 2 aromatic carbocycles.